The van der Waals surface area contributed by atoms with Gasteiger partial charge in [0.25, 0.3) is 15.9 Å². The van der Waals surface area contributed by atoms with E-state index in [9.17, 15) is 27.6 Å². The van der Waals surface area contributed by atoms with E-state index in [0.717, 1.165) is 0 Å². The second-order valence-electron chi connectivity index (χ2n) is 11.7. The quantitative estimate of drug-likeness (QED) is 0.430. The van der Waals surface area contributed by atoms with E-state index in [1.54, 1.807) is 26.8 Å². The van der Waals surface area contributed by atoms with E-state index < -0.39 is 63.0 Å². The highest BCUT2D eigenvalue weighted by atomic mass is 35.5. The van der Waals surface area contributed by atoms with Gasteiger partial charge in [-0.15, -0.1) is 0 Å². The number of benzene rings is 1. The summed E-state index contributed by atoms with van der Waals surface area (Å²) < 4.78 is 39.0. The van der Waals surface area contributed by atoms with Crippen molar-refractivity contribution in [3.05, 3.63) is 41.4 Å². The molecule has 1 saturated heterocycles. The maximum atomic E-state index is 13.6. The van der Waals surface area contributed by atoms with Crippen LogP contribution in [0.2, 0.25) is 5.02 Å². The highest BCUT2D eigenvalue weighted by Crippen LogP contribution is 2.45. The van der Waals surface area contributed by atoms with Crippen molar-refractivity contribution in [1.82, 2.24) is 20.3 Å². The van der Waals surface area contributed by atoms with Crippen molar-refractivity contribution in [2.24, 2.45) is 5.92 Å². The lowest BCUT2D eigenvalue weighted by molar-refractivity contribution is -0.141. The van der Waals surface area contributed by atoms with Gasteiger partial charge in [0.15, 0.2) is 0 Å². The average Bonchev–Trinajstić information content (AvgIpc) is 3.35. The van der Waals surface area contributed by atoms with Crippen LogP contribution in [0.3, 0.4) is 0 Å². The lowest BCUT2D eigenvalue weighted by Gasteiger charge is -2.30. The van der Waals surface area contributed by atoms with Crippen LogP contribution in [-0.2, 0) is 33.9 Å². The molecule has 4 unspecified atom stereocenters. The molecule has 4 amide bonds. The molecule has 12 nitrogen and oxygen atoms in total. The molecule has 1 saturated carbocycles. The average molecular weight is 625 g/mol. The Kier molecular flexibility index (Phi) is 9.53. The number of nitrogens with zero attached hydrogens (tertiary/aromatic N) is 1. The molecule has 1 aliphatic carbocycles. The second kappa shape index (κ2) is 12.6. The molecule has 42 heavy (non-hydrogen) atoms. The number of sulfonamides is 1. The predicted molar refractivity (Wildman–Crippen MR) is 153 cm³/mol. The van der Waals surface area contributed by atoms with Crippen LogP contribution in [0, 0.1) is 5.92 Å². The van der Waals surface area contributed by atoms with Crippen LogP contribution in [0.5, 0.6) is 0 Å². The van der Waals surface area contributed by atoms with Gasteiger partial charge in [-0.05, 0) is 70.7 Å². The van der Waals surface area contributed by atoms with Crippen LogP contribution in [-0.4, -0.2) is 80.1 Å². The van der Waals surface area contributed by atoms with E-state index in [-0.39, 0.29) is 30.9 Å². The molecule has 2 aliphatic heterocycles. The number of alkyl carbamates (subject to hydrolysis) is 1. The van der Waals surface area contributed by atoms with Crippen LogP contribution < -0.4 is 15.4 Å². The molecule has 3 aliphatic rings. The Balaban J connectivity index is 1.56. The largest absolute Gasteiger partial charge is 0.444 e. The number of carbonyl (C=O) groups excluding carboxylic acids is 4. The Hall–Kier alpha value is -3.16. The second-order valence-corrected chi connectivity index (χ2v) is 13.8. The zero-order chi connectivity index (χ0) is 30.7. The van der Waals surface area contributed by atoms with Crippen molar-refractivity contribution in [2.75, 3.05) is 19.8 Å². The van der Waals surface area contributed by atoms with Crippen LogP contribution in [0.4, 0.5) is 4.79 Å². The normalized spacial score (nSPS) is 27.0. The molecule has 0 spiro atoms. The van der Waals surface area contributed by atoms with Crippen molar-refractivity contribution >= 4 is 45.4 Å². The van der Waals surface area contributed by atoms with E-state index >= 15 is 0 Å². The molecular weight excluding hydrogens is 588 g/mol. The Morgan fingerprint density at radius 3 is 2.55 bits per heavy atom. The third-order valence-corrected chi connectivity index (χ3v) is 8.89. The number of fused-ring (bicyclic) bond motifs is 2. The molecule has 3 N–H and O–H groups in total. The van der Waals surface area contributed by atoms with Gasteiger partial charge in [-0.2, -0.15) is 0 Å². The molecule has 230 valence electrons. The summed E-state index contributed by atoms with van der Waals surface area (Å²) in [5, 5.41) is 5.73. The molecular formula is C28H37ClN4O8S. The number of halogens is 1. The van der Waals surface area contributed by atoms with Crippen molar-refractivity contribution < 1.29 is 37.1 Å². The van der Waals surface area contributed by atoms with Gasteiger partial charge in [-0.1, -0.05) is 23.8 Å². The third-order valence-electron chi connectivity index (χ3n) is 7.29. The molecule has 0 bridgehead atoms. The SMILES string of the molecule is CC(C)(C)OC(=O)NC1CCOCCC=CC2CC2(C(=O)NS(=O)(=O)c2ccc(Cl)cc2)NC(=O)C2CCCN2C1=O. The first-order valence-corrected chi connectivity index (χ1v) is 15.8. The Morgan fingerprint density at radius 2 is 1.86 bits per heavy atom. The minimum Gasteiger partial charge on any atom is -0.444 e. The summed E-state index contributed by atoms with van der Waals surface area (Å²) in [6, 6.07) is 3.44. The smallest absolute Gasteiger partial charge is 0.408 e. The lowest BCUT2D eigenvalue weighted by atomic mass is 10.1. The van der Waals surface area contributed by atoms with Gasteiger partial charge in [0.05, 0.1) is 11.5 Å². The first kappa shape index (κ1) is 31.8. The molecule has 1 aromatic carbocycles. The van der Waals surface area contributed by atoms with Crippen LogP contribution in [0.15, 0.2) is 41.3 Å². The number of carbonyl (C=O) groups is 4. The monoisotopic (exact) mass is 624 g/mol. The standard InChI is InChI=1S/C28H37ClN4O8S/c1-27(2,3)41-26(37)30-21-13-16-40-15-5-4-7-18-17-28(18,31-23(34)22-8-6-14-33(22)24(21)35)25(36)32-42(38,39)20-11-9-19(29)10-12-20/h4,7,9-12,18,21-22H,5-6,8,13-17H2,1-3H3,(H,30,37)(H,31,34)(H,32,36). The number of hydrogen-bond acceptors (Lipinski definition) is 8. The van der Waals surface area contributed by atoms with E-state index in [0.29, 0.717) is 30.9 Å². The van der Waals surface area contributed by atoms with Gasteiger partial charge in [-0.3, -0.25) is 14.4 Å². The fourth-order valence-corrected chi connectivity index (χ4v) is 6.26. The zero-order valence-corrected chi connectivity index (χ0v) is 25.4. The minimum absolute atomic E-state index is 0.152. The summed E-state index contributed by atoms with van der Waals surface area (Å²) in [6.45, 7) is 5.90. The molecule has 2 heterocycles. The van der Waals surface area contributed by atoms with Gasteiger partial charge < -0.3 is 25.0 Å². The third kappa shape index (κ3) is 7.61. The topological polar surface area (TPSA) is 160 Å². The van der Waals surface area contributed by atoms with Crippen molar-refractivity contribution in [3.63, 3.8) is 0 Å². The van der Waals surface area contributed by atoms with Gasteiger partial charge in [0.1, 0.15) is 23.2 Å². The van der Waals surface area contributed by atoms with Crippen molar-refractivity contribution in [2.45, 2.75) is 81.0 Å². The molecule has 4 rings (SSSR count). The fraction of sp³-hybridized carbons (Fsp3) is 0.571. The minimum atomic E-state index is -4.25. The zero-order valence-electron chi connectivity index (χ0n) is 23.9. The van der Waals surface area contributed by atoms with Gasteiger partial charge in [-0.25, -0.2) is 17.9 Å². The Morgan fingerprint density at radius 1 is 1.14 bits per heavy atom. The number of rotatable bonds is 4. The summed E-state index contributed by atoms with van der Waals surface area (Å²) in [7, 11) is -4.25. The Labute approximate surface area is 250 Å². The molecule has 1 aromatic rings. The molecule has 14 heteroatoms. The molecule has 0 radical (unpaired) electrons. The van der Waals surface area contributed by atoms with Crippen molar-refractivity contribution in [3.8, 4) is 0 Å². The fourth-order valence-electron chi connectivity index (χ4n) is 5.10. The Bertz CT molecular complexity index is 1340. The van der Waals surface area contributed by atoms with Crippen LogP contribution >= 0.6 is 11.6 Å². The predicted octanol–water partition coefficient (Wildman–Crippen LogP) is 2.27. The van der Waals surface area contributed by atoms with Crippen LogP contribution in [0.25, 0.3) is 0 Å². The number of nitrogens with one attached hydrogen (secondary N) is 3. The maximum Gasteiger partial charge on any atom is 0.408 e. The lowest BCUT2D eigenvalue weighted by Crippen LogP contribution is -2.58. The molecule has 4 atom stereocenters. The molecule has 0 aromatic heterocycles. The first-order valence-electron chi connectivity index (χ1n) is 13.9. The first-order chi connectivity index (χ1) is 19.7. The number of ether oxygens (including phenoxy) is 2. The van der Waals surface area contributed by atoms with Gasteiger partial charge >= 0.3 is 6.09 Å². The number of hydrogen-bond donors (Lipinski definition) is 3. The molecule has 2 fully saturated rings. The summed E-state index contributed by atoms with van der Waals surface area (Å²) >= 11 is 5.87. The summed E-state index contributed by atoms with van der Waals surface area (Å²) in [5.74, 6) is -2.37. The highest BCUT2D eigenvalue weighted by molar-refractivity contribution is 7.90. The summed E-state index contributed by atoms with van der Waals surface area (Å²) in [5.41, 5.74) is -2.29. The van der Waals surface area contributed by atoms with E-state index in [1.807, 2.05) is 6.08 Å². The van der Waals surface area contributed by atoms with Gasteiger partial charge in [0, 0.05) is 30.5 Å². The number of amides is 4. The summed E-state index contributed by atoms with van der Waals surface area (Å²) in [4.78, 5) is 54.5. The van der Waals surface area contributed by atoms with Crippen molar-refractivity contribution in [1.29, 1.82) is 0 Å². The highest BCUT2D eigenvalue weighted by Gasteiger charge is 2.61. The summed E-state index contributed by atoms with van der Waals surface area (Å²) in [6.07, 6.45) is 4.52. The van der Waals surface area contributed by atoms with E-state index in [1.165, 1.54) is 29.2 Å². The van der Waals surface area contributed by atoms with E-state index in [4.69, 9.17) is 21.1 Å². The van der Waals surface area contributed by atoms with E-state index in [2.05, 4.69) is 15.4 Å². The maximum absolute atomic E-state index is 13.6. The van der Waals surface area contributed by atoms with Gasteiger partial charge in [0.2, 0.25) is 11.8 Å². The van der Waals surface area contributed by atoms with Crippen LogP contribution in [0.1, 0.15) is 52.9 Å².